The molecule has 132 valence electrons. The first-order valence-electron chi connectivity index (χ1n) is 8.48. The molecule has 0 heterocycles. The number of aliphatic hydroxyl groups is 1. The molecule has 0 atom stereocenters. The molecule has 0 aliphatic heterocycles. The number of nitrogens with zero attached hydrogens (tertiary/aromatic N) is 1. The number of benzene rings is 2. The fourth-order valence-electron chi connectivity index (χ4n) is 2.68. The maximum absolute atomic E-state index is 12.1. The average molecular weight is 339 g/mol. The van der Waals surface area contributed by atoms with Crippen molar-refractivity contribution in [3.8, 4) is 11.1 Å². The summed E-state index contributed by atoms with van der Waals surface area (Å²) >= 11 is 0. The second-order valence-corrected chi connectivity index (χ2v) is 5.99. The fourth-order valence-corrected chi connectivity index (χ4v) is 2.68. The number of hydrogen-bond donors (Lipinski definition) is 3. The lowest BCUT2D eigenvalue weighted by atomic mass is 9.98. The standard InChI is InChI=1S/C20H25N3O2/c1-2-3-8-19(25)23(14-24)13-15-9-11-16(12-10-15)17-6-4-5-7-18(17)20(21)22/h4-7,9-12,24H,2-3,8,13-14H2,1H3,(H3,21,22). The van der Waals surface area contributed by atoms with Crippen LogP contribution in [0.2, 0.25) is 0 Å². The number of nitrogens with two attached hydrogens (primary N) is 1. The second kappa shape index (κ2) is 8.99. The van der Waals surface area contributed by atoms with Gasteiger partial charge in [-0.2, -0.15) is 0 Å². The normalized spacial score (nSPS) is 10.5. The first kappa shape index (κ1) is 18.7. The molecule has 0 spiro atoms. The van der Waals surface area contributed by atoms with Gasteiger partial charge in [-0.05, 0) is 23.1 Å². The maximum Gasteiger partial charge on any atom is 0.224 e. The number of unbranched alkanes of at least 4 members (excludes halogenated alkanes) is 1. The summed E-state index contributed by atoms with van der Waals surface area (Å²) < 4.78 is 0. The summed E-state index contributed by atoms with van der Waals surface area (Å²) in [4.78, 5) is 13.5. The molecule has 0 saturated heterocycles. The summed E-state index contributed by atoms with van der Waals surface area (Å²) in [5.74, 6) is 0.00278. The second-order valence-electron chi connectivity index (χ2n) is 5.99. The summed E-state index contributed by atoms with van der Waals surface area (Å²) in [7, 11) is 0. The lowest BCUT2D eigenvalue weighted by Gasteiger charge is -2.20. The molecule has 2 rings (SSSR count). The monoisotopic (exact) mass is 339 g/mol. The van der Waals surface area contributed by atoms with Crippen LogP contribution in [0.4, 0.5) is 0 Å². The molecule has 0 aliphatic carbocycles. The van der Waals surface area contributed by atoms with Crippen molar-refractivity contribution in [3.63, 3.8) is 0 Å². The summed E-state index contributed by atoms with van der Waals surface area (Å²) in [6.45, 7) is 2.14. The van der Waals surface area contributed by atoms with E-state index in [1.165, 1.54) is 4.90 Å². The zero-order valence-corrected chi connectivity index (χ0v) is 14.5. The highest BCUT2D eigenvalue weighted by molar-refractivity contribution is 6.01. The number of aliphatic hydroxyl groups excluding tert-OH is 1. The number of nitrogen functional groups attached to an aromatic ring is 1. The zero-order chi connectivity index (χ0) is 18.2. The molecule has 5 heteroatoms. The molecule has 2 aromatic rings. The molecule has 25 heavy (non-hydrogen) atoms. The van der Waals surface area contributed by atoms with Crippen molar-refractivity contribution in [3.05, 3.63) is 59.7 Å². The molecule has 2 aromatic carbocycles. The largest absolute Gasteiger partial charge is 0.384 e. The van der Waals surface area contributed by atoms with Crippen molar-refractivity contribution in [2.45, 2.75) is 32.7 Å². The smallest absolute Gasteiger partial charge is 0.224 e. The Morgan fingerprint density at radius 2 is 1.84 bits per heavy atom. The summed E-state index contributed by atoms with van der Waals surface area (Å²) in [5.41, 5.74) is 9.16. The number of carbonyl (C=O) groups is 1. The Morgan fingerprint density at radius 3 is 2.44 bits per heavy atom. The van der Waals surface area contributed by atoms with Gasteiger partial charge in [0.25, 0.3) is 0 Å². The minimum Gasteiger partial charge on any atom is -0.384 e. The molecule has 0 unspecified atom stereocenters. The average Bonchev–Trinajstić information content (AvgIpc) is 2.64. The van der Waals surface area contributed by atoms with Gasteiger partial charge in [0.05, 0.1) is 0 Å². The SMILES string of the molecule is CCCCC(=O)N(CO)Cc1ccc(-c2ccccc2C(=N)N)cc1. The maximum atomic E-state index is 12.1. The van der Waals surface area contributed by atoms with Gasteiger partial charge in [0.1, 0.15) is 12.6 Å². The number of carbonyl (C=O) groups excluding carboxylic acids is 1. The lowest BCUT2D eigenvalue weighted by Crippen LogP contribution is -2.31. The molecule has 4 N–H and O–H groups in total. The van der Waals surface area contributed by atoms with Crippen LogP contribution in [0.25, 0.3) is 11.1 Å². The van der Waals surface area contributed by atoms with E-state index in [4.69, 9.17) is 11.1 Å². The first-order chi connectivity index (χ1) is 12.1. The van der Waals surface area contributed by atoms with E-state index in [9.17, 15) is 9.90 Å². The van der Waals surface area contributed by atoms with E-state index in [2.05, 4.69) is 0 Å². The van der Waals surface area contributed by atoms with Crippen molar-refractivity contribution >= 4 is 11.7 Å². The number of hydrogen-bond acceptors (Lipinski definition) is 3. The number of amidine groups is 1. The molecule has 0 aromatic heterocycles. The molecule has 0 radical (unpaired) electrons. The third-order valence-corrected chi connectivity index (χ3v) is 4.12. The lowest BCUT2D eigenvalue weighted by molar-refractivity contribution is -0.135. The Labute approximate surface area is 148 Å². The van der Waals surface area contributed by atoms with E-state index in [-0.39, 0.29) is 18.5 Å². The Bertz CT molecular complexity index is 726. The van der Waals surface area contributed by atoms with Crippen LogP contribution in [-0.4, -0.2) is 28.5 Å². The molecule has 0 bridgehead atoms. The number of rotatable bonds is 8. The van der Waals surface area contributed by atoms with Gasteiger partial charge in [0.15, 0.2) is 0 Å². The van der Waals surface area contributed by atoms with Crippen LogP contribution < -0.4 is 5.73 Å². The Morgan fingerprint density at radius 1 is 1.16 bits per heavy atom. The van der Waals surface area contributed by atoms with Crippen LogP contribution in [-0.2, 0) is 11.3 Å². The molecule has 5 nitrogen and oxygen atoms in total. The van der Waals surface area contributed by atoms with Crippen LogP contribution in [0, 0.1) is 5.41 Å². The van der Waals surface area contributed by atoms with E-state index < -0.39 is 0 Å². The Hall–Kier alpha value is -2.66. The van der Waals surface area contributed by atoms with Crippen LogP contribution in [0.1, 0.15) is 37.3 Å². The van der Waals surface area contributed by atoms with E-state index in [1.807, 2.05) is 55.5 Å². The molecular weight excluding hydrogens is 314 g/mol. The number of amides is 1. The van der Waals surface area contributed by atoms with Gasteiger partial charge in [-0.3, -0.25) is 10.2 Å². The zero-order valence-electron chi connectivity index (χ0n) is 14.5. The van der Waals surface area contributed by atoms with Crippen molar-refractivity contribution in [1.29, 1.82) is 5.41 Å². The molecule has 0 saturated carbocycles. The van der Waals surface area contributed by atoms with Crippen molar-refractivity contribution in [1.82, 2.24) is 4.90 Å². The summed E-state index contributed by atoms with van der Waals surface area (Å²) in [6, 6.07) is 15.3. The van der Waals surface area contributed by atoms with E-state index in [0.29, 0.717) is 18.5 Å². The molecule has 1 amide bonds. The van der Waals surface area contributed by atoms with Crippen molar-refractivity contribution in [2.24, 2.45) is 5.73 Å². The van der Waals surface area contributed by atoms with Gasteiger partial charge in [0, 0.05) is 18.5 Å². The molecule has 0 fully saturated rings. The van der Waals surface area contributed by atoms with Crippen LogP contribution in [0.3, 0.4) is 0 Å². The molecular formula is C20H25N3O2. The quantitative estimate of drug-likeness (QED) is 0.392. The Kier molecular flexibility index (Phi) is 6.71. The van der Waals surface area contributed by atoms with Crippen LogP contribution in [0.5, 0.6) is 0 Å². The van der Waals surface area contributed by atoms with Gasteiger partial charge in [0.2, 0.25) is 5.91 Å². The van der Waals surface area contributed by atoms with E-state index in [0.717, 1.165) is 29.5 Å². The van der Waals surface area contributed by atoms with Gasteiger partial charge in [-0.15, -0.1) is 0 Å². The van der Waals surface area contributed by atoms with E-state index in [1.54, 1.807) is 0 Å². The van der Waals surface area contributed by atoms with Crippen molar-refractivity contribution in [2.75, 3.05) is 6.73 Å². The summed E-state index contributed by atoms with van der Waals surface area (Å²) in [5, 5.41) is 17.1. The number of nitrogens with one attached hydrogen (secondary N) is 1. The van der Waals surface area contributed by atoms with Gasteiger partial charge in [-0.1, -0.05) is 61.9 Å². The highest BCUT2D eigenvalue weighted by Gasteiger charge is 2.13. The third kappa shape index (κ3) is 4.90. The summed E-state index contributed by atoms with van der Waals surface area (Å²) in [6.07, 6.45) is 2.24. The predicted molar refractivity (Wildman–Crippen MR) is 100 cm³/mol. The predicted octanol–water partition coefficient (Wildman–Crippen LogP) is 3.11. The van der Waals surface area contributed by atoms with Gasteiger partial charge < -0.3 is 15.7 Å². The third-order valence-electron chi connectivity index (χ3n) is 4.12. The highest BCUT2D eigenvalue weighted by Crippen LogP contribution is 2.24. The minimum atomic E-state index is -0.280. The topological polar surface area (TPSA) is 90.4 Å². The van der Waals surface area contributed by atoms with Crippen LogP contribution in [0.15, 0.2) is 48.5 Å². The van der Waals surface area contributed by atoms with Crippen LogP contribution >= 0.6 is 0 Å². The minimum absolute atomic E-state index is 0.0321. The van der Waals surface area contributed by atoms with E-state index >= 15 is 0 Å². The highest BCUT2D eigenvalue weighted by atomic mass is 16.3. The first-order valence-corrected chi connectivity index (χ1v) is 8.48. The molecule has 0 aliphatic rings. The van der Waals surface area contributed by atoms with Gasteiger partial charge in [-0.25, -0.2) is 0 Å². The fraction of sp³-hybridized carbons (Fsp3) is 0.300. The van der Waals surface area contributed by atoms with Crippen molar-refractivity contribution < 1.29 is 9.90 Å². The Balaban J connectivity index is 2.15. The van der Waals surface area contributed by atoms with Gasteiger partial charge >= 0.3 is 0 Å².